The molecular weight excluding hydrogens is 350 g/mol. The molecule has 1 aliphatic heterocycles. The van der Waals surface area contributed by atoms with Crippen LogP contribution in [-0.2, 0) is 10.0 Å². The molecule has 0 unspecified atom stereocenters. The fourth-order valence-corrected chi connectivity index (χ4v) is 5.27. The van der Waals surface area contributed by atoms with Crippen LogP contribution in [-0.4, -0.2) is 21.1 Å². The van der Waals surface area contributed by atoms with Crippen LogP contribution in [0.1, 0.15) is 43.0 Å². The van der Waals surface area contributed by atoms with Crippen LogP contribution >= 0.6 is 0 Å². The van der Waals surface area contributed by atoms with E-state index < -0.39 is 15.6 Å². The van der Waals surface area contributed by atoms with Crippen molar-refractivity contribution in [2.75, 3.05) is 7.11 Å². The first-order valence-corrected chi connectivity index (χ1v) is 10.1. The second-order valence-electron chi connectivity index (χ2n) is 7.37. The van der Waals surface area contributed by atoms with E-state index in [2.05, 4.69) is 4.72 Å². The Labute approximate surface area is 155 Å². The van der Waals surface area contributed by atoms with Gasteiger partial charge in [-0.3, -0.25) is 0 Å². The zero-order chi connectivity index (χ0) is 19.1. The summed E-state index contributed by atoms with van der Waals surface area (Å²) in [6.07, 6.45) is 0.553. The number of sulfonamides is 1. The third kappa shape index (κ3) is 3.57. The molecule has 140 valence electrons. The molecule has 0 aliphatic carbocycles. The Hall–Kier alpha value is -2.05. The summed E-state index contributed by atoms with van der Waals surface area (Å²) in [5.74, 6) is 1.37. The minimum atomic E-state index is -3.70. The van der Waals surface area contributed by atoms with Crippen molar-refractivity contribution in [1.82, 2.24) is 4.72 Å². The lowest BCUT2D eigenvalue weighted by atomic mass is 9.90. The maximum Gasteiger partial charge on any atom is 0.241 e. The summed E-state index contributed by atoms with van der Waals surface area (Å²) < 4.78 is 40.5. The van der Waals surface area contributed by atoms with E-state index in [9.17, 15) is 8.42 Å². The summed E-state index contributed by atoms with van der Waals surface area (Å²) in [5, 5.41) is 0. The molecule has 0 spiro atoms. The molecule has 2 aromatic carbocycles. The summed E-state index contributed by atoms with van der Waals surface area (Å²) in [7, 11) is -2.13. The minimum Gasteiger partial charge on any atom is -0.497 e. The molecular formula is C20H25NO4S. The van der Waals surface area contributed by atoms with E-state index in [1.807, 2.05) is 38.1 Å². The molecule has 0 fully saturated rings. The predicted molar refractivity (Wildman–Crippen MR) is 101 cm³/mol. The van der Waals surface area contributed by atoms with Crippen molar-refractivity contribution < 1.29 is 17.9 Å². The predicted octanol–water partition coefficient (Wildman–Crippen LogP) is 3.89. The average Bonchev–Trinajstić information content (AvgIpc) is 2.52. The number of para-hydroxylation sites is 1. The van der Waals surface area contributed by atoms with Crippen molar-refractivity contribution in [1.29, 1.82) is 0 Å². The molecule has 0 bridgehead atoms. The van der Waals surface area contributed by atoms with Gasteiger partial charge in [0, 0.05) is 12.0 Å². The van der Waals surface area contributed by atoms with Crippen molar-refractivity contribution in [2.24, 2.45) is 0 Å². The van der Waals surface area contributed by atoms with Crippen LogP contribution < -0.4 is 14.2 Å². The van der Waals surface area contributed by atoms with Crippen LogP contribution in [0, 0.1) is 13.8 Å². The maximum atomic E-state index is 13.2. The van der Waals surface area contributed by atoms with E-state index in [1.54, 1.807) is 33.1 Å². The Kier molecular flexibility index (Phi) is 4.75. The number of rotatable bonds is 4. The lowest BCUT2D eigenvalue weighted by molar-refractivity contribution is 0.0702. The number of hydrogen-bond acceptors (Lipinski definition) is 4. The molecule has 2 aromatic rings. The zero-order valence-electron chi connectivity index (χ0n) is 15.8. The monoisotopic (exact) mass is 375 g/mol. The molecule has 1 atom stereocenters. The van der Waals surface area contributed by atoms with Crippen molar-refractivity contribution >= 4 is 10.0 Å². The molecule has 3 rings (SSSR count). The normalized spacial score (nSPS) is 18.7. The van der Waals surface area contributed by atoms with Gasteiger partial charge in [0.05, 0.1) is 18.0 Å². The largest absolute Gasteiger partial charge is 0.497 e. The van der Waals surface area contributed by atoms with Gasteiger partial charge < -0.3 is 9.47 Å². The van der Waals surface area contributed by atoms with Gasteiger partial charge in [0.1, 0.15) is 17.1 Å². The first kappa shape index (κ1) is 18.7. The van der Waals surface area contributed by atoms with E-state index in [4.69, 9.17) is 9.47 Å². The molecule has 0 amide bonds. The van der Waals surface area contributed by atoms with E-state index in [0.717, 1.165) is 11.3 Å². The summed E-state index contributed by atoms with van der Waals surface area (Å²) in [5.41, 5.74) is 1.73. The highest BCUT2D eigenvalue weighted by atomic mass is 32.2. The molecule has 0 saturated carbocycles. The standard InChI is InChI=1S/C20H25NO4S/c1-13-10-15(24-5)11-14(2)19(13)26(22,23)21-17-12-20(3,4)25-18-9-7-6-8-16(17)18/h6-11,17,21H,12H2,1-5H3/t17-/m1/s1. The summed E-state index contributed by atoms with van der Waals surface area (Å²) in [6.45, 7) is 7.50. The van der Waals surface area contributed by atoms with E-state index >= 15 is 0 Å². The number of ether oxygens (including phenoxy) is 2. The molecule has 1 N–H and O–H groups in total. The number of hydrogen-bond donors (Lipinski definition) is 1. The highest BCUT2D eigenvalue weighted by Gasteiger charge is 2.36. The SMILES string of the molecule is COc1cc(C)c(S(=O)(=O)N[C@@H]2CC(C)(C)Oc3ccccc32)c(C)c1. The number of benzene rings is 2. The van der Waals surface area contributed by atoms with E-state index in [-0.39, 0.29) is 6.04 Å². The fourth-order valence-electron chi connectivity index (χ4n) is 3.61. The third-order valence-electron chi connectivity index (χ3n) is 4.61. The minimum absolute atomic E-state index is 0.306. The first-order chi connectivity index (χ1) is 12.1. The van der Waals surface area contributed by atoms with Crippen LogP contribution in [0.2, 0.25) is 0 Å². The topological polar surface area (TPSA) is 64.6 Å². The molecule has 1 aliphatic rings. The second-order valence-corrected chi connectivity index (χ2v) is 9.02. The average molecular weight is 375 g/mol. The molecule has 1 heterocycles. The number of aryl methyl sites for hydroxylation is 2. The van der Waals surface area contributed by atoms with Gasteiger partial charge in [0.25, 0.3) is 0 Å². The van der Waals surface area contributed by atoms with E-state index in [0.29, 0.717) is 28.2 Å². The van der Waals surface area contributed by atoms with Crippen molar-refractivity contribution in [3.05, 3.63) is 53.1 Å². The van der Waals surface area contributed by atoms with E-state index in [1.165, 1.54) is 0 Å². The smallest absolute Gasteiger partial charge is 0.241 e. The molecule has 26 heavy (non-hydrogen) atoms. The maximum absolute atomic E-state index is 13.2. The summed E-state index contributed by atoms with van der Waals surface area (Å²) >= 11 is 0. The Morgan fingerprint density at radius 3 is 2.38 bits per heavy atom. The van der Waals surface area contributed by atoms with Crippen LogP contribution in [0.3, 0.4) is 0 Å². The zero-order valence-corrected chi connectivity index (χ0v) is 16.6. The van der Waals surface area contributed by atoms with Crippen LogP contribution in [0.4, 0.5) is 0 Å². The Bertz CT molecular complexity index is 912. The Morgan fingerprint density at radius 2 is 1.77 bits per heavy atom. The Morgan fingerprint density at radius 1 is 1.15 bits per heavy atom. The fraction of sp³-hybridized carbons (Fsp3) is 0.400. The van der Waals surface area contributed by atoms with Gasteiger partial charge in [0.2, 0.25) is 10.0 Å². The van der Waals surface area contributed by atoms with Crippen LogP contribution in [0.5, 0.6) is 11.5 Å². The summed E-state index contributed by atoms with van der Waals surface area (Å²) in [4.78, 5) is 0.306. The summed E-state index contributed by atoms with van der Waals surface area (Å²) in [6, 6.07) is 10.7. The van der Waals surface area contributed by atoms with Gasteiger partial charge in [-0.05, 0) is 57.0 Å². The highest BCUT2D eigenvalue weighted by Crippen LogP contribution is 2.40. The first-order valence-electron chi connectivity index (χ1n) is 8.58. The van der Waals surface area contributed by atoms with Crippen molar-refractivity contribution in [3.63, 3.8) is 0 Å². The molecule has 6 heteroatoms. The van der Waals surface area contributed by atoms with Gasteiger partial charge >= 0.3 is 0 Å². The molecule has 0 radical (unpaired) electrons. The third-order valence-corrected chi connectivity index (χ3v) is 6.39. The number of nitrogens with one attached hydrogen (secondary N) is 1. The number of fused-ring (bicyclic) bond motifs is 1. The van der Waals surface area contributed by atoms with Gasteiger partial charge in [-0.25, -0.2) is 13.1 Å². The molecule has 0 saturated heterocycles. The van der Waals surface area contributed by atoms with Gasteiger partial charge in [0.15, 0.2) is 0 Å². The second kappa shape index (κ2) is 6.59. The quantitative estimate of drug-likeness (QED) is 0.880. The van der Waals surface area contributed by atoms with Gasteiger partial charge in [-0.1, -0.05) is 18.2 Å². The van der Waals surface area contributed by atoms with Gasteiger partial charge in [-0.2, -0.15) is 0 Å². The lowest BCUT2D eigenvalue weighted by Crippen LogP contribution is -2.41. The van der Waals surface area contributed by atoms with Crippen molar-refractivity contribution in [2.45, 2.75) is 50.7 Å². The Balaban J connectivity index is 2.01. The van der Waals surface area contributed by atoms with Crippen molar-refractivity contribution in [3.8, 4) is 11.5 Å². The van der Waals surface area contributed by atoms with Crippen LogP contribution in [0.15, 0.2) is 41.3 Å². The highest BCUT2D eigenvalue weighted by molar-refractivity contribution is 7.89. The van der Waals surface area contributed by atoms with Gasteiger partial charge in [-0.15, -0.1) is 0 Å². The van der Waals surface area contributed by atoms with Crippen LogP contribution in [0.25, 0.3) is 0 Å². The molecule has 5 nitrogen and oxygen atoms in total. The number of methoxy groups -OCH3 is 1. The molecule has 0 aromatic heterocycles. The lowest BCUT2D eigenvalue weighted by Gasteiger charge is -2.37.